The normalized spacial score (nSPS) is 18.1. The maximum atomic E-state index is 13.1. The number of hydrogen-bond acceptors (Lipinski definition) is 3. The van der Waals surface area contributed by atoms with Gasteiger partial charge in [-0.1, -0.05) is 0 Å². The Morgan fingerprint density at radius 3 is 2.60 bits per heavy atom. The van der Waals surface area contributed by atoms with Crippen molar-refractivity contribution in [1.82, 2.24) is 4.31 Å². The SMILES string of the molecule is NCC1CCN(S(=O)(=O)Nc2ccc(F)c(Br)c2)CC1. The molecule has 0 aliphatic carbocycles. The highest BCUT2D eigenvalue weighted by Gasteiger charge is 2.27. The summed E-state index contributed by atoms with van der Waals surface area (Å²) in [5, 5.41) is 0. The molecule has 1 saturated heterocycles. The summed E-state index contributed by atoms with van der Waals surface area (Å²) in [4.78, 5) is 0. The smallest absolute Gasteiger partial charge is 0.301 e. The van der Waals surface area contributed by atoms with Gasteiger partial charge in [-0.15, -0.1) is 0 Å². The van der Waals surface area contributed by atoms with Crippen molar-refractivity contribution in [3.8, 4) is 0 Å². The van der Waals surface area contributed by atoms with E-state index in [0.717, 1.165) is 12.8 Å². The van der Waals surface area contributed by atoms with Gasteiger partial charge in [0, 0.05) is 13.1 Å². The van der Waals surface area contributed by atoms with E-state index in [0.29, 0.717) is 31.2 Å². The van der Waals surface area contributed by atoms with E-state index in [2.05, 4.69) is 20.7 Å². The summed E-state index contributed by atoms with van der Waals surface area (Å²) in [6, 6.07) is 4.01. The maximum Gasteiger partial charge on any atom is 0.301 e. The Hall–Kier alpha value is -0.700. The number of nitrogens with two attached hydrogens (primary N) is 1. The summed E-state index contributed by atoms with van der Waals surface area (Å²) in [6.45, 7) is 1.51. The highest BCUT2D eigenvalue weighted by Crippen LogP contribution is 2.23. The van der Waals surface area contributed by atoms with Crippen LogP contribution in [0.2, 0.25) is 0 Å². The Bertz CT molecular complexity index is 574. The van der Waals surface area contributed by atoms with Crippen LogP contribution in [0.5, 0.6) is 0 Å². The Morgan fingerprint density at radius 1 is 1.40 bits per heavy atom. The first-order valence-corrected chi connectivity index (χ1v) is 8.58. The summed E-state index contributed by atoms with van der Waals surface area (Å²) in [5.74, 6) is -0.0434. The zero-order valence-corrected chi connectivity index (χ0v) is 13.3. The van der Waals surface area contributed by atoms with Crippen molar-refractivity contribution in [3.63, 3.8) is 0 Å². The second-order valence-electron chi connectivity index (χ2n) is 4.81. The van der Waals surface area contributed by atoms with Crippen LogP contribution in [-0.2, 0) is 10.2 Å². The number of halogens is 2. The van der Waals surface area contributed by atoms with Crippen molar-refractivity contribution in [3.05, 3.63) is 28.5 Å². The quantitative estimate of drug-likeness (QED) is 0.855. The zero-order valence-electron chi connectivity index (χ0n) is 10.9. The molecule has 1 aromatic rings. The van der Waals surface area contributed by atoms with Crippen LogP contribution in [0.4, 0.5) is 10.1 Å². The molecule has 3 N–H and O–H groups in total. The lowest BCUT2D eigenvalue weighted by molar-refractivity contribution is 0.280. The largest absolute Gasteiger partial charge is 0.330 e. The van der Waals surface area contributed by atoms with Gasteiger partial charge in [0.05, 0.1) is 10.2 Å². The molecule has 0 spiro atoms. The fourth-order valence-electron chi connectivity index (χ4n) is 2.16. The minimum Gasteiger partial charge on any atom is -0.330 e. The van der Waals surface area contributed by atoms with Crippen LogP contribution >= 0.6 is 15.9 Å². The molecule has 0 bridgehead atoms. The van der Waals surface area contributed by atoms with Gasteiger partial charge >= 0.3 is 10.2 Å². The van der Waals surface area contributed by atoms with Gasteiger partial charge < -0.3 is 5.73 Å². The van der Waals surface area contributed by atoms with Crippen LogP contribution in [0.25, 0.3) is 0 Å². The molecule has 0 saturated carbocycles. The second-order valence-corrected chi connectivity index (χ2v) is 7.34. The highest BCUT2D eigenvalue weighted by molar-refractivity contribution is 9.10. The third kappa shape index (κ3) is 3.69. The molecule has 5 nitrogen and oxygen atoms in total. The second kappa shape index (κ2) is 6.38. The van der Waals surface area contributed by atoms with Gasteiger partial charge in [0.25, 0.3) is 0 Å². The van der Waals surface area contributed by atoms with Crippen molar-refractivity contribution in [2.75, 3.05) is 24.4 Å². The Balaban J connectivity index is 2.05. The molecule has 0 radical (unpaired) electrons. The van der Waals surface area contributed by atoms with Crippen molar-refractivity contribution in [2.45, 2.75) is 12.8 Å². The number of benzene rings is 1. The highest BCUT2D eigenvalue weighted by atomic mass is 79.9. The van der Waals surface area contributed by atoms with E-state index in [9.17, 15) is 12.8 Å². The zero-order chi connectivity index (χ0) is 14.8. The summed E-state index contributed by atoms with van der Waals surface area (Å²) in [7, 11) is -3.60. The molecular formula is C12H17BrFN3O2S. The first-order valence-electron chi connectivity index (χ1n) is 6.35. The van der Waals surface area contributed by atoms with E-state index < -0.39 is 16.0 Å². The van der Waals surface area contributed by atoms with E-state index >= 15 is 0 Å². The van der Waals surface area contributed by atoms with Gasteiger partial charge in [-0.05, 0) is 59.4 Å². The van der Waals surface area contributed by atoms with E-state index in [1.54, 1.807) is 0 Å². The van der Waals surface area contributed by atoms with Crippen molar-refractivity contribution >= 4 is 31.8 Å². The molecule has 1 heterocycles. The topological polar surface area (TPSA) is 75.4 Å². The van der Waals surface area contributed by atoms with E-state index in [4.69, 9.17) is 5.73 Å². The minimum atomic E-state index is -3.60. The predicted molar refractivity (Wildman–Crippen MR) is 80.0 cm³/mol. The third-order valence-electron chi connectivity index (χ3n) is 3.41. The van der Waals surface area contributed by atoms with Crippen LogP contribution in [0, 0.1) is 11.7 Å². The summed E-state index contributed by atoms with van der Waals surface area (Å²) in [5.41, 5.74) is 5.92. The van der Waals surface area contributed by atoms with Gasteiger partial charge in [0.2, 0.25) is 0 Å². The van der Waals surface area contributed by atoms with E-state index in [1.807, 2.05) is 0 Å². The summed E-state index contributed by atoms with van der Waals surface area (Å²) in [6.07, 6.45) is 1.54. The first-order chi connectivity index (χ1) is 9.42. The molecule has 8 heteroatoms. The standard InChI is InChI=1S/C12H17BrFN3O2S/c13-11-7-10(1-2-12(11)14)16-20(18,19)17-5-3-9(8-15)4-6-17/h1-2,7,9,16H,3-6,8,15H2. The lowest BCUT2D eigenvalue weighted by Gasteiger charge is -2.30. The Kier molecular flexibility index (Phi) is 5.00. The molecule has 0 aromatic heterocycles. The van der Waals surface area contributed by atoms with Crippen LogP contribution in [-0.4, -0.2) is 32.4 Å². The van der Waals surface area contributed by atoms with E-state index in [-0.39, 0.29) is 4.47 Å². The van der Waals surface area contributed by atoms with Gasteiger partial charge in [-0.3, -0.25) is 4.72 Å². The molecule has 1 aliphatic rings. The van der Waals surface area contributed by atoms with Crippen molar-refractivity contribution in [2.24, 2.45) is 11.7 Å². The average Bonchev–Trinajstić information content (AvgIpc) is 2.43. The number of piperidine rings is 1. The summed E-state index contributed by atoms with van der Waals surface area (Å²) >= 11 is 3.03. The fourth-order valence-corrected chi connectivity index (χ4v) is 3.78. The van der Waals surface area contributed by atoms with Crippen LogP contribution in [0.15, 0.2) is 22.7 Å². The van der Waals surface area contributed by atoms with Gasteiger partial charge in [-0.25, -0.2) is 4.39 Å². The third-order valence-corrected chi connectivity index (χ3v) is 5.56. The molecule has 112 valence electrons. The molecule has 2 rings (SSSR count). The molecule has 1 fully saturated rings. The fraction of sp³-hybridized carbons (Fsp3) is 0.500. The molecule has 0 atom stereocenters. The van der Waals surface area contributed by atoms with Crippen LogP contribution in [0.1, 0.15) is 12.8 Å². The van der Waals surface area contributed by atoms with E-state index in [1.165, 1.54) is 22.5 Å². The number of anilines is 1. The lowest BCUT2D eigenvalue weighted by atomic mass is 9.99. The molecule has 0 unspecified atom stereocenters. The van der Waals surface area contributed by atoms with Gasteiger partial charge in [0.15, 0.2) is 0 Å². The average molecular weight is 366 g/mol. The predicted octanol–water partition coefficient (Wildman–Crippen LogP) is 1.92. The monoisotopic (exact) mass is 365 g/mol. The van der Waals surface area contributed by atoms with Gasteiger partial charge in [-0.2, -0.15) is 12.7 Å². The maximum absolute atomic E-state index is 13.1. The van der Waals surface area contributed by atoms with Crippen molar-refractivity contribution < 1.29 is 12.8 Å². The van der Waals surface area contributed by atoms with Crippen LogP contribution in [0.3, 0.4) is 0 Å². The van der Waals surface area contributed by atoms with Gasteiger partial charge in [0.1, 0.15) is 5.82 Å². The number of nitrogens with zero attached hydrogens (tertiary/aromatic N) is 1. The number of nitrogens with one attached hydrogen (secondary N) is 1. The molecule has 20 heavy (non-hydrogen) atoms. The Labute approximate surface area is 126 Å². The summed E-state index contributed by atoms with van der Waals surface area (Å²) < 4.78 is 41.6. The first kappa shape index (κ1) is 15.7. The number of rotatable bonds is 4. The Morgan fingerprint density at radius 2 is 2.05 bits per heavy atom. The number of hydrogen-bond donors (Lipinski definition) is 2. The molecule has 1 aliphatic heterocycles. The molecule has 1 aromatic carbocycles. The van der Waals surface area contributed by atoms with Crippen molar-refractivity contribution in [1.29, 1.82) is 0 Å². The lowest BCUT2D eigenvalue weighted by Crippen LogP contribution is -2.42. The molecular weight excluding hydrogens is 349 g/mol. The van der Waals surface area contributed by atoms with Crippen LogP contribution < -0.4 is 10.5 Å². The minimum absolute atomic E-state index is 0.222. The molecule has 0 amide bonds.